The van der Waals surface area contributed by atoms with Crippen LogP contribution in [0, 0.1) is 5.92 Å². The molecular formula is C15H18N2O3. The third-order valence-electron chi connectivity index (χ3n) is 4.30. The molecule has 1 aromatic carbocycles. The Labute approximate surface area is 117 Å². The first-order valence-electron chi connectivity index (χ1n) is 6.99. The minimum atomic E-state index is -1.03. The van der Waals surface area contributed by atoms with Crippen LogP contribution in [0.15, 0.2) is 30.3 Å². The van der Waals surface area contributed by atoms with Crippen molar-refractivity contribution in [3.05, 3.63) is 35.9 Å². The number of amides is 1. The topological polar surface area (TPSA) is 78.4 Å². The molecule has 2 heterocycles. The van der Waals surface area contributed by atoms with E-state index in [0.717, 1.165) is 19.3 Å². The van der Waals surface area contributed by atoms with Gasteiger partial charge in [0, 0.05) is 12.1 Å². The van der Waals surface area contributed by atoms with Crippen LogP contribution in [0.2, 0.25) is 0 Å². The minimum absolute atomic E-state index is 0.0979. The summed E-state index contributed by atoms with van der Waals surface area (Å²) >= 11 is 0. The van der Waals surface area contributed by atoms with Gasteiger partial charge >= 0.3 is 5.97 Å². The van der Waals surface area contributed by atoms with Crippen molar-refractivity contribution in [2.75, 3.05) is 0 Å². The molecule has 2 fully saturated rings. The number of hydrogen-bond donors (Lipinski definition) is 3. The van der Waals surface area contributed by atoms with Crippen molar-refractivity contribution in [2.45, 2.75) is 37.4 Å². The van der Waals surface area contributed by atoms with Gasteiger partial charge in [0.25, 0.3) is 0 Å². The number of carbonyl (C=O) groups excluding carboxylic acids is 1. The van der Waals surface area contributed by atoms with Gasteiger partial charge in [-0.2, -0.15) is 0 Å². The van der Waals surface area contributed by atoms with Gasteiger partial charge in [-0.1, -0.05) is 30.3 Å². The molecule has 2 bridgehead atoms. The molecule has 5 heteroatoms. The van der Waals surface area contributed by atoms with Gasteiger partial charge in [0.05, 0.1) is 5.92 Å². The lowest BCUT2D eigenvalue weighted by Crippen LogP contribution is -2.41. The van der Waals surface area contributed by atoms with E-state index in [9.17, 15) is 14.7 Å². The SMILES string of the molecule is O=C(N[C@@H](C(=O)O)c1ccccc1)C1CC2CCC1N2. The van der Waals surface area contributed by atoms with E-state index in [0.29, 0.717) is 11.6 Å². The summed E-state index contributed by atoms with van der Waals surface area (Å²) in [7, 11) is 0. The number of benzene rings is 1. The zero-order chi connectivity index (χ0) is 14.1. The predicted octanol–water partition coefficient (Wildman–Crippen LogP) is 1.07. The van der Waals surface area contributed by atoms with Crippen LogP contribution in [0.25, 0.3) is 0 Å². The van der Waals surface area contributed by atoms with E-state index in [-0.39, 0.29) is 17.9 Å². The number of carboxylic acid groups (broad SMARTS) is 1. The van der Waals surface area contributed by atoms with Crippen molar-refractivity contribution in [1.82, 2.24) is 10.6 Å². The average Bonchev–Trinajstić information content (AvgIpc) is 3.07. The Morgan fingerprint density at radius 3 is 2.55 bits per heavy atom. The maximum Gasteiger partial charge on any atom is 0.330 e. The largest absolute Gasteiger partial charge is 0.479 e. The lowest BCUT2D eigenvalue weighted by Gasteiger charge is -2.22. The van der Waals surface area contributed by atoms with Crippen LogP contribution < -0.4 is 10.6 Å². The van der Waals surface area contributed by atoms with E-state index in [4.69, 9.17) is 0 Å². The summed E-state index contributed by atoms with van der Waals surface area (Å²) in [6.45, 7) is 0. The molecule has 2 saturated heterocycles. The van der Waals surface area contributed by atoms with Gasteiger partial charge in [-0.3, -0.25) is 4.79 Å². The third kappa shape index (κ3) is 2.41. The molecule has 0 aromatic heterocycles. The van der Waals surface area contributed by atoms with Crippen LogP contribution >= 0.6 is 0 Å². The van der Waals surface area contributed by atoms with Gasteiger partial charge < -0.3 is 15.7 Å². The highest BCUT2D eigenvalue weighted by molar-refractivity contribution is 5.86. The van der Waals surface area contributed by atoms with Gasteiger partial charge in [-0.15, -0.1) is 0 Å². The zero-order valence-electron chi connectivity index (χ0n) is 11.1. The number of nitrogens with one attached hydrogen (secondary N) is 2. The highest BCUT2D eigenvalue weighted by atomic mass is 16.4. The molecule has 3 rings (SSSR count). The third-order valence-corrected chi connectivity index (χ3v) is 4.30. The fourth-order valence-corrected chi connectivity index (χ4v) is 3.30. The first-order valence-corrected chi connectivity index (χ1v) is 6.99. The molecule has 3 unspecified atom stereocenters. The Kier molecular flexibility index (Phi) is 3.44. The zero-order valence-corrected chi connectivity index (χ0v) is 11.1. The van der Waals surface area contributed by atoms with Crippen molar-refractivity contribution in [2.24, 2.45) is 5.92 Å². The van der Waals surface area contributed by atoms with Gasteiger partial charge in [-0.05, 0) is 24.8 Å². The first kappa shape index (κ1) is 13.1. The number of carboxylic acids is 1. The van der Waals surface area contributed by atoms with Crippen molar-refractivity contribution < 1.29 is 14.7 Å². The fourth-order valence-electron chi connectivity index (χ4n) is 3.30. The fraction of sp³-hybridized carbons (Fsp3) is 0.467. The van der Waals surface area contributed by atoms with E-state index < -0.39 is 12.0 Å². The smallest absolute Gasteiger partial charge is 0.330 e. The number of fused-ring (bicyclic) bond motifs is 2. The number of carbonyl (C=O) groups is 2. The lowest BCUT2D eigenvalue weighted by atomic mass is 9.88. The number of aliphatic carboxylic acids is 1. The van der Waals surface area contributed by atoms with E-state index in [1.54, 1.807) is 24.3 Å². The summed E-state index contributed by atoms with van der Waals surface area (Å²) in [6.07, 6.45) is 2.94. The van der Waals surface area contributed by atoms with Crippen LogP contribution in [-0.2, 0) is 9.59 Å². The molecule has 1 amide bonds. The average molecular weight is 274 g/mol. The molecule has 0 spiro atoms. The Hall–Kier alpha value is -1.88. The first-order chi connectivity index (χ1) is 9.65. The van der Waals surface area contributed by atoms with Gasteiger partial charge in [0.15, 0.2) is 6.04 Å². The monoisotopic (exact) mass is 274 g/mol. The number of hydrogen-bond acceptors (Lipinski definition) is 3. The molecule has 2 aliphatic heterocycles. The Morgan fingerprint density at radius 2 is 2.00 bits per heavy atom. The molecule has 5 nitrogen and oxygen atoms in total. The Morgan fingerprint density at radius 1 is 1.25 bits per heavy atom. The van der Waals surface area contributed by atoms with Gasteiger partial charge in [-0.25, -0.2) is 4.79 Å². The molecular weight excluding hydrogens is 256 g/mol. The standard InChI is InChI=1S/C15H18N2O3/c18-14(11-8-10-6-7-12(11)16-10)17-13(15(19)20)9-4-2-1-3-5-9/h1-5,10-13,16H,6-8H2,(H,17,18)(H,19,20)/t10?,11?,12?,13-/m1/s1. The minimum Gasteiger partial charge on any atom is -0.479 e. The highest BCUT2D eigenvalue weighted by Crippen LogP contribution is 2.33. The second-order valence-corrected chi connectivity index (χ2v) is 5.58. The van der Waals surface area contributed by atoms with Crippen molar-refractivity contribution >= 4 is 11.9 Å². The normalized spacial score (nSPS) is 29.1. The number of rotatable bonds is 4. The molecule has 0 aliphatic carbocycles. The summed E-state index contributed by atoms with van der Waals surface area (Å²) < 4.78 is 0. The predicted molar refractivity (Wildman–Crippen MR) is 73.0 cm³/mol. The van der Waals surface area contributed by atoms with Gasteiger partial charge in [0.2, 0.25) is 5.91 Å². The molecule has 3 N–H and O–H groups in total. The van der Waals surface area contributed by atoms with E-state index in [1.165, 1.54) is 0 Å². The van der Waals surface area contributed by atoms with Crippen LogP contribution in [0.5, 0.6) is 0 Å². The maximum absolute atomic E-state index is 12.3. The van der Waals surface area contributed by atoms with Crippen molar-refractivity contribution in [3.63, 3.8) is 0 Å². The summed E-state index contributed by atoms with van der Waals surface area (Å²) in [5.41, 5.74) is 0.601. The molecule has 106 valence electrons. The van der Waals surface area contributed by atoms with E-state index in [1.807, 2.05) is 6.07 Å². The molecule has 1 aromatic rings. The quantitative estimate of drug-likeness (QED) is 0.767. The maximum atomic E-state index is 12.3. The van der Waals surface area contributed by atoms with E-state index >= 15 is 0 Å². The van der Waals surface area contributed by atoms with Crippen LogP contribution in [-0.4, -0.2) is 29.1 Å². The summed E-state index contributed by atoms with van der Waals surface area (Å²) in [5, 5.41) is 15.4. The molecule has 2 aliphatic rings. The second kappa shape index (κ2) is 5.25. The molecule has 4 atom stereocenters. The van der Waals surface area contributed by atoms with Crippen LogP contribution in [0.1, 0.15) is 30.9 Å². The lowest BCUT2D eigenvalue weighted by molar-refractivity contribution is -0.142. The summed E-state index contributed by atoms with van der Waals surface area (Å²) in [6, 6.07) is 8.48. The molecule has 20 heavy (non-hydrogen) atoms. The Balaban J connectivity index is 1.71. The molecule has 0 saturated carbocycles. The van der Waals surface area contributed by atoms with E-state index in [2.05, 4.69) is 10.6 Å². The van der Waals surface area contributed by atoms with Crippen molar-refractivity contribution in [3.8, 4) is 0 Å². The van der Waals surface area contributed by atoms with Crippen LogP contribution in [0.4, 0.5) is 0 Å². The van der Waals surface area contributed by atoms with Crippen molar-refractivity contribution in [1.29, 1.82) is 0 Å². The summed E-state index contributed by atoms with van der Waals surface area (Å²) in [4.78, 5) is 23.7. The second-order valence-electron chi connectivity index (χ2n) is 5.58. The van der Waals surface area contributed by atoms with Crippen LogP contribution in [0.3, 0.4) is 0 Å². The molecule has 0 radical (unpaired) electrons. The Bertz CT molecular complexity index is 517. The van der Waals surface area contributed by atoms with Gasteiger partial charge in [0.1, 0.15) is 0 Å². The highest BCUT2D eigenvalue weighted by Gasteiger charge is 2.43. The summed E-state index contributed by atoms with van der Waals surface area (Å²) in [5.74, 6) is -1.28.